The van der Waals surface area contributed by atoms with Crippen LogP contribution in [0.1, 0.15) is 40.0 Å². The van der Waals surface area contributed by atoms with E-state index in [1.807, 2.05) is 25.7 Å². The lowest BCUT2D eigenvalue weighted by molar-refractivity contribution is 0.00857. The molecule has 100 valence electrons. The lowest BCUT2D eigenvalue weighted by Crippen LogP contribution is -2.50. The fourth-order valence-electron chi connectivity index (χ4n) is 3.00. The molecule has 0 unspecified atom stereocenters. The van der Waals surface area contributed by atoms with Gasteiger partial charge >= 0.3 is 6.09 Å². The van der Waals surface area contributed by atoms with Crippen LogP contribution in [0, 0.1) is 5.92 Å². The Labute approximate surface area is 109 Å². The number of hydrogen-bond donors (Lipinski definition) is 1. The molecule has 2 fully saturated rings. The van der Waals surface area contributed by atoms with Gasteiger partial charge in [-0.15, -0.1) is 12.4 Å². The van der Waals surface area contributed by atoms with Crippen molar-refractivity contribution in [3.63, 3.8) is 0 Å². The fourth-order valence-corrected chi connectivity index (χ4v) is 3.00. The molecule has 2 bridgehead atoms. The zero-order valence-corrected chi connectivity index (χ0v) is 11.6. The molecule has 1 saturated carbocycles. The van der Waals surface area contributed by atoms with Crippen LogP contribution in [0.25, 0.3) is 0 Å². The van der Waals surface area contributed by atoms with Crippen LogP contribution in [0.3, 0.4) is 0 Å². The molecule has 17 heavy (non-hydrogen) atoms. The lowest BCUT2D eigenvalue weighted by Gasteiger charge is -2.35. The predicted molar refractivity (Wildman–Crippen MR) is 69.3 cm³/mol. The second-order valence-corrected chi connectivity index (χ2v) is 5.92. The van der Waals surface area contributed by atoms with Crippen LogP contribution in [-0.2, 0) is 4.74 Å². The maximum atomic E-state index is 12.1. The average Bonchev–Trinajstić information content (AvgIpc) is 2.72. The van der Waals surface area contributed by atoms with Gasteiger partial charge in [-0.05, 0) is 46.0 Å². The van der Waals surface area contributed by atoms with Crippen LogP contribution in [0.5, 0.6) is 0 Å². The first-order valence-corrected chi connectivity index (χ1v) is 6.14. The van der Waals surface area contributed by atoms with E-state index in [0.29, 0.717) is 18.5 Å². The lowest BCUT2D eigenvalue weighted by atomic mass is 9.99. The van der Waals surface area contributed by atoms with Gasteiger partial charge in [0.05, 0.1) is 6.04 Å². The van der Waals surface area contributed by atoms with E-state index in [4.69, 9.17) is 10.5 Å². The van der Waals surface area contributed by atoms with Gasteiger partial charge in [0.2, 0.25) is 0 Å². The van der Waals surface area contributed by atoms with Gasteiger partial charge in [0.15, 0.2) is 0 Å². The van der Waals surface area contributed by atoms with E-state index in [9.17, 15) is 4.79 Å². The Bertz CT molecular complexity index is 291. The normalized spacial score (nSPS) is 31.3. The molecular formula is C12H23ClN2O2. The molecule has 1 amide bonds. The van der Waals surface area contributed by atoms with E-state index in [-0.39, 0.29) is 24.5 Å². The number of likely N-dealkylation sites (tertiary alicyclic amines) is 1. The van der Waals surface area contributed by atoms with Crippen LogP contribution in [-0.4, -0.2) is 35.2 Å². The van der Waals surface area contributed by atoms with Gasteiger partial charge in [-0.25, -0.2) is 4.79 Å². The molecule has 5 heteroatoms. The van der Waals surface area contributed by atoms with E-state index >= 15 is 0 Å². The molecule has 0 aromatic carbocycles. The first kappa shape index (κ1) is 14.6. The average molecular weight is 263 g/mol. The Balaban J connectivity index is 0.00000144. The summed E-state index contributed by atoms with van der Waals surface area (Å²) in [6, 6.07) is 0.571. The summed E-state index contributed by atoms with van der Waals surface area (Å²) in [5, 5.41) is 0. The van der Waals surface area contributed by atoms with Gasteiger partial charge < -0.3 is 15.4 Å². The van der Waals surface area contributed by atoms with Gasteiger partial charge in [-0.2, -0.15) is 0 Å². The van der Waals surface area contributed by atoms with Crippen molar-refractivity contribution in [1.29, 1.82) is 0 Å². The summed E-state index contributed by atoms with van der Waals surface area (Å²) in [5.41, 5.74) is 5.34. The zero-order valence-electron chi connectivity index (χ0n) is 10.8. The second kappa shape index (κ2) is 5.02. The van der Waals surface area contributed by atoms with Gasteiger partial charge in [-0.1, -0.05) is 0 Å². The van der Waals surface area contributed by atoms with E-state index in [1.165, 1.54) is 6.42 Å². The highest BCUT2D eigenvalue weighted by atomic mass is 35.5. The van der Waals surface area contributed by atoms with Crippen molar-refractivity contribution >= 4 is 18.5 Å². The molecule has 4 nitrogen and oxygen atoms in total. The Kier molecular flexibility index (Phi) is 4.31. The molecule has 2 N–H and O–H groups in total. The number of nitrogens with two attached hydrogens (primary N) is 1. The highest BCUT2D eigenvalue weighted by Crippen LogP contribution is 2.42. The molecule has 3 atom stereocenters. The highest BCUT2D eigenvalue weighted by Gasteiger charge is 2.48. The number of rotatable bonds is 1. The van der Waals surface area contributed by atoms with Gasteiger partial charge in [-0.3, -0.25) is 0 Å². The summed E-state index contributed by atoms with van der Waals surface area (Å²) in [6.45, 7) is 6.25. The van der Waals surface area contributed by atoms with E-state index in [0.717, 1.165) is 12.8 Å². The standard InChI is InChI=1S/C12H22N2O2.ClH/c1-12(2,3)16-11(15)14-9-5-4-8(6-9)10(14)7-13;/h8-10H,4-7,13H2,1-3H3;1H/t8-,9+,10+;/m0./s1. The third kappa shape index (κ3) is 2.86. The minimum Gasteiger partial charge on any atom is -0.444 e. The largest absolute Gasteiger partial charge is 0.444 e. The predicted octanol–water partition coefficient (Wildman–Crippen LogP) is 2.15. The molecule has 1 aliphatic carbocycles. The molecule has 0 spiro atoms. The molecule has 2 rings (SSSR count). The van der Waals surface area contributed by atoms with Crippen LogP contribution in [0.2, 0.25) is 0 Å². The topological polar surface area (TPSA) is 55.6 Å². The molecule has 0 aromatic rings. The van der Waals surface area contributed by atoms with Crippen molar-refractivity contribution in [2.75, 3.05) is 6.54 Å². The minimum absolute atomic E-state index is 0. The number of amides is 1. The van der Waals surface area contributed by atoms with Crippen molar-refractivity contribution in [3.8, 4) is 0 Å². The number of ether oxygens (including phenoxy) is 1. The number of halogens is 1. The maximum absolute atomic E-state index is 12.1. The molecule has 0 radical (unpaired) electrons. The molecular weight excluding hydrogens is 240 g/mol. The summed E-state index contributed by atoms with van der Waals surface area (Å²) < 4.78 is 5.44. The summed E-state index contributed by atoms with van der Waals surface area (Å²) in [5.74, 6) is 0.600. The molecule has 1 aliphatic heterocycles. The number of carbonyl (C=O) groups is 1. The van der Waals surface area contributed by atoms with Crippen molar-refractivity contribution in [3.05, 3.63) is 0 Å². The SMILES string of the molecule is CC(C)(C)OC(=O)N1[C@@H]2CC[C@@H](C2)[C@H]1CN.Cl. The van der Waals surface area contributed by atoms with Crippen molar-refractivity contribution in [2.24, 2.45) is 11.7 Å². The maximum Gasteiger partial charge on any atom is 0.410 e. The first-order chi connectivity index (χ1) is 7.42. The highest BCUT2D eigenvalue weighted by molar-refractivity contribution is 5.85. The van der Waals surface area contributed by atoms with Crippen LogP contribution in [0.15, 0.2) is 0 Å². The Morgan fingerprint density at radius 3 is 2.59 bits per heavy atom. The van der Waals surface area contributed by atoms with Gasteiger partial charge in [0.1, 0.15) is 5.60 Å². The second-order valence-electron chi connectivity index (χ2n) is 5.92. The summed E-state index contributed by atoms with van der Waals surface area (Å²) >= 11 is 0. The Morgan fingerprint density at radius 1 is 1.41 bits per heavy atom. The van der Waals surface area contributed by atoms with Crippen molar-refractivity contribution in [1.82, 2.24) is 4.90 Å². The van der Waals surface area contributed by atoms with E-state index in [2.05, 4.69) is 0 Å². The van der Waals surface area contributed by atoms with Crippen molar-refractivity contribution < 1.29 is 9.53 Å². The molecule has 1 saturated heterocycles. The smallest absolute Gasteiger partial charge is 0.410 e. The van der Waals surface area contributed by atoms with Crippen LogP contribution < -0.4 is 5.73 Å². The summed E-state index contributed by atoms with van der Waals surface area (Å²) in [6.07, 6.45) is 3.25. The van der Waals surface area contributed by atoms with Crippen LogP contribution >= 0.6 is 12.4 Å². The van der Waals surface area contributed by atoms with E-state index < -0.39 is 5.60 Å². The Hall–Kier alpha value is -0.480. The number of hydrogen-bond acceptors (Lipinski definition) is 3. The first-order valence-electron chi connectivity index (χ1n) is 6.14. The molecule has 1 heterocycles. The number of piperidine rings is 1. The zero-order chi connectivity index (χ0) is 11.9. The third-order valence-electron chi connectivity index (χ3n) is 3.59. The monoisotopic (exact) mass is 262 g/mol. The summed E-state index contributed by atoms with van der Waals surface area (Å²) in [4.78, 5) is 14.0. The molecule has 0 aromatic heterocycles. The van der Waals surface area contributed by atoms with Gasteiger partial charge in [0, 0.05) is 12.6 Å². The van der Waals surface area contributed by atoms with Gasteiger partial charge in [0.25, 0.3) is 0 Å². The summed E-state index contributed by atoms with van der Waals surface area (Å²) in [7, 11) is 0. The fraction of sp³-hybridized carbons (Fsp3) is 0.917. The number of nitrogens with zero attached hydrogens (tertiary/aromatic N) is 1. The number of fused-ring (bicyclic) bond motifs is 2. The van der Waals surface area contributed by atoms with Crippen molar-refractivity contribution in [2.45, 2.75) is 57.7 Å². The Morgan fingerprint density at radius 2 is 2.06 bits per heavy atom. The molecule has 2 aliphatic rings. The van der Waals surface area contributed by atoms with Crippen LogP contribution in [0.4, 0.5) is 4.79 Å². The third-order valence-corrected chi connectivity index (χ3v) is 3.59. The van der Waals surface area contributed by atoms with E-state index in [1.54, 1.807) is 0 Å². The number of carbonyl (C=O) groups excluding carboxylic acids is 1. The quantitative estimate of drug-likeness (QED) is 0.788. The minimum atomic E-state index is -0.419.